The molecule has 0 aliphatic rings. The standard InChI is InChI=1S/C15H21NO2/c1-3-6-13(2)17-9-5-10-18-15-8-4-7-14(11-15)12-16/h4,7-8,11,13H,3,5-6,9-10H2,1-2H3. The zero-order valence-corrected chi connectivity index (χ0v) is 11.2. The van der Waals surface area contributed by atoms with Crippen LogP contribution >= 0.6 is 0 Å². The Balaban J connectivity index is 2.16. The van der Waals surface area contributed by atoms with E-state index in [0.29, 0.717) is 18.3 Å². The van der Waals surface area contributed by atoms with Crippen LogP contribution in [0.4, 0.5) is 0 Å². The molecule has 1 unspecified atom stereocenters. The Kier molecular flexibility index (Phi) is 6.90. The highest BCUT2D eigenvalue weighted by molar-refractivity contribution is 5.36. The van der Waals surface area contributed by atoms with Gasteiger partial charge in [0.05, 0.1) is 31.0 Å². The molecular formula is C15H21NO2. The van der Waals surface area contributed by atoms with E-state index in [1.807, 2.05) is 12.1 Å². The van der Waals surface area contributed by atoms with Crippen LogP contribution in [0.3, 0.4) is 0 Å². The van der Waals surface area contributed by atoms with Crippen molar-refractivity contribution in [3.63, 3.8) is 0 Å². The Hall–Kier alpha value is -1.53. The van der Waals surface area contributed by atoms with Gasteiger partial charge in [0.2, 0.25) is 0 Å². The second-order valence-electron chi connectivity index (χ2n) is 4.31. The Morgan fingerprint density at radius 1 is 1.33 bits per heavy atom. The molecule has 0 radical (unpaired) electrons. The van der Waals surface area contributed by atoms with E-state index in [1.165, 1.54) is 0 Å². The van der Waals surface area contributed by atoms with Gasteiger partial charge in [-0.25, -0.2) is 0 Å². The van der Waals surface area contributed by atoms with Crippen LogP contribution in [0.1, 0.15) is 38.7 Å². The Morgan fingerprint density at radius 3 is 2.89 bits per heavy atom. The first-order chi connectivity index (χ1) is 8.76. The smallest absolute Gasteiger partial charge is 0.120 e. The molecule has 0 aromatic heterocycles. The molecule has 98 valence electrons. The molecule has 1 atom stereocenters. The number of nitrogens with zero attached hydrogens (tertiary/aromatic N) is 1. The van der Waals surface area contributed by atoms with Crippen molar-refractivity contribution in [1.29, 1.82) is 5.26 Å². The average Bonchev–Trinajstić information content (AvgIpc) is 2.39. The van der Waals surface area contributed by atoms with Gasteiger partial charge in [0.1, 0.15) is 5.75 Å². The molecule has 0 aliphatic heterocycles. The molecule has 0 fully saturated rings. The number of hydrogen-bond acceptors (Lipinski definition) is 3. The van der Waals surface area contributed by atoms with Gasteiger partial charge in [-0.2, -0.15) is 5.26 Å². The van der Waals surface area contributed by atoms with Crippen molar-refractivity contribution >= 4 is 0 Å². The lowest BCUT2D eigenvalue weighted by molar-refractivity contribution is 0.0519. The molecule has 0 heterocycles. The minimum Gasteiger partial charge on any atom is -0.493 e. The highest BCUT2D eigenvalue weighted by atomic mass is 16.5. The zero-order valence-electron chi connectivity index (χ0n) is 11.2. The van der Waals surface area contributed by atoms with Crippen LogP contribution in [0.2, 0.25) is 0 Å². The molecule has 3 nitrogen and oxygen atoms in total. The lowest BCUT2D eigenvalue weighted by atomic mass is 10.2. The van der Waals surface area contributed by atoms with Gasteiger partial charge in [-0.05, 0) is 31.5 Å². The maximum Gasteiger partial charge on any atom is 0.120 e. The maximum absolute atomic E-state index is 8.76. The van der Waals surface area contributed by atoms with E-state index >= 15 is 0 Å². The van der Waals surface area contributed by atoms with Gasteiger partial charge < -0.3 is 9.47 Å². The molecule has 0 spiro atoms. The highest BCUT2D eigenvalue weighted by Crippen LogP contribution is 2.12. The van der Waals surface area contributed by atoms with E-state index in [4.69, 9.17) is 14.7 Å². The maximum atomic E-state index is 8.76. The van der Waals surface area contributed by atoms with E-state index in [1.54, 1.807) is 12.1 Å². The van der Waals surface area contributed by atoms with E-state index in [-0.39, 0.29) is 0 Å². The summed E-state index contributed by atoms with van der Waals surface area (Å²) < 4.78 is 11.2. The summed E-state index contributed by atoms with van der Waals surface area (Å²) in [5.74, 6) is 0.746. The van der Waals surface area contributed by atoms with E-state index in [2.05, 4.69) is 19.9 Å². The molecule has 1 rings (SSSR count). The Morgan fingerprint density at radius 2 is 2.17 bits per heavy atom. The fourth-order valence-corrected chi connectivity index (χ4v) is 1.68. The van der Waals surface area contributed by atoms with E-state index in [9.17, 15) is 0 Å². The van der Waals surface area contributed by atoms with Crippen molar-refractivity contribution in [1.82, 2.24) is 0 Å². The highest BCUT2D eigenvalue weighted by Gasteiger charge is 2.00. The van der Waals surface area contributed by atoms with Crippen molar-refractivity contribution < 1.29 is 9.47 Å². The first-order valence-corrected chi connectivity index (χ1v) is 6.50. The van der Waals surface area contributed by atoms with Crippen molar-refractivity contribution in [2.75, 3.05) is 13.2 Å². The number of nitriles is 1. The molecule has 0 saturated heterocycles. The van der Waals surface area contributed by atoms with Gasteiger partial charge in [0.25, 0.3) is 0 Å². The van der Waals surface area contributed by atoms with Crippen LogP contribution in [0, 0.1) is 11.3 Å². The topological polar surface area (TPSA) is 42.2 Å². The van der Waals surface area contributed by atoms with Gasteiger partial charge >= 0.3 is 0 Å². The SMILES string of the molecule is CCCC(C)OCCCOc1cccc(C#N)c1. The summed E-state index contributed by atoms with van der Waals surface area (Å²) in [4.78, 5) is 0. The number of rotatable bonds is 8. The summed E-state index contributed by atoms with van der Waals surface area (Å²) in [6.45, 7) is 5.60. The fourth-order valence-electron chi connectivity index (χ4n) is 1.68. The largest absolute Gasteiger partial charge is 0.493 e. The molecule has 0 N–H and O–H groups in total. The minimum absolute atomic E-state index is 0.330. The first kappa shape index (κ1) is 14.5. The number of hydrogen-bond donors (Lipinski definition) is 0. The molecule has 0 saturated carbocycles. The zero-order chi connectivity index (χ0) is 13.2. The lowest BCUT2D eigenvalue weighted by Crippen LogP contribution is -2.11. The van der Waals surface area contributed by atoms with Gasteiger partial charge in [-0.15, -0.1) is 0 Å². The summed E-state index contributed by atoms with van der Waals surface area (Å²) in [6, 6.07) is 9.30. The van der Waals surface area contributed by atoms with E-state index in [0.717, 1.165) is 31.6 Å². The number of benzene rings is 1. The third kappa shape index (κ3) is 5.70. The average molecular weight is 247 g/mol. The molecule has 1 aromatic carbocycles. The Bertz CT molecular complexity index is 384. The van der Waals surface area contributed by atoms with Crippen LogP contribution in [-0.4, -0.2) is 19.3 Å². The molecule has 18 heavy (non-hydrogen) atoms. The monoisotopic (exact) mass is 247 g/mol. The van der Waals surface area contributed by atoms with Gasteiger partial charge in [-0.1, -0.05) is 19.4 Å². The summed E-state index contributed by atoms with van der Waals surface area (Å²) in [5, 5.41) is 8.76. The third-order valence-electron chi connectivity index (χ3n) is 2.62. The van der Waals surface area contributed by atoms with Crippen LogP contribution in [0.15, 0.2) is 24.3 Å². The van der Waals surface area contributed by atoms with Gasteiger partial charge in [0.15, 0.2) is 0 Å². The summed E-state index contributed by atoms with van der Waals surface area (Å²) in [7, 11) is 0. The molecule has 3 heteroatoms. The van der Waals surface area contributed by atoms with Crippen molar-refractivity contribution in [2.45, 2.75) is 39.2 Å². The van der Waals surface area contributed by atoms with Crippen LogP contribution in [0.25, 0.3) is 0 Å². The fraction of sp³-hybridized carbons (Fsp3) is 0.533. The second kappa shape index (κ2) is 8.54. The van der Waals surface area contributed by atoms with E-state index < -0.39 is 0 Å². The van der Waals surface area contributed by atoms with Gasteiger partial charge in [-0.3, -0.25) is 0 Å². The third-order valence-corrected chi connectivity index (χ3v) is 2.62. The lowest BCUT2D eigenvalue weighted by Gasteiger charge is -2.12. The predicted octanol–water partition coefficient (Wildman–Crippen LogP) is 3.53. The van der Waals surface area contributed by atoms with Gasteiger partial charge in [0, 0.05) is 6.42 Å². The first-order valence-electron chi connectivity index (χ1n) is 6.50. The van der Waals surface area contributed by atoms with Crippen LogP contribution in [0.5, 0.6) is 5.75 Å². The predicted molar refractivity (Wildman–Crippen MR) is 71.6 cm³/mol. The molecule has 0 amide bonds. The van der Waals surface area contributed by atoms with Crippen LogP contribution < -0.4 is 4.74 Å². The molecular weight excluding hydrogens is 226 g/mol. The van der Waals surface area contributed by atoms with Crippen molar-refractivity contribution in [2.24, 2.45) is 0 Å². The Labute approximate surface area is 109 Å². The van der Waals surface area contributed by atoms with Crippen LogP contribution in [-0.2, 0) is 4.74 Å². The molecule has 0 aliphatic carbocycles. The van der Waals surface area contributed by atoms with Crippen molar-refractivity contribution in [3.8, 4) is 11.8 Å². The number of ether oxygens (including phenoxy) is 2. The van der Waals surface area contributed by atoms with Crippen molar-refractivity contribution in [3.05, 3.63) is 29.8 Å². The quantitative estimate of drug-likeness (QED) is 0.660. The molecule has 1 aromatic rings. The second-order valence-corrected chi connectivity index (χ2v) is 4.31. The summed E-state index contributed by atoms with van der Waals surface area (Å²) >= 11 is 0. The summed E-state index contributed by atoms with van der Waals surface area (Å²) in [6.07, 6.45) is 3.45. The molecule has 0 bridgehead atoms. The summed E-state index contributed by atoms with van der Waals surface area (Å²) in [5.41, 5.74) is 0.625. The minimum atomic E-state index is 0.330. The normalized spacial score (nSPS) is 11.8.